The molecule has 0 aromatic heterocycles. The summed E-state index contributed by atoms with van der Waals surface area (Å²) in [6.45, 7) is 2.17. The van der Waals surface area contributed by atoms with E-state index in [0.29, 0.717) is 11.4 Å². The van der Waals surface area contributed by atoms with Gasteiger partial charge in [0.1, 0.15) is 6.04 Å². The van der Waals surface area contributed by atoms with E-state index >= 15 is 0 Å². The van der Waals surface area contributed by atoms with Crippen LogP contribution in [0.15, 0.2) is 59.5 Å². The Balaban J connectivity index is 1.65. The highest BCUT2D eigenvalue weighted by Gasteiger charge is 2.29. The van der Waals surface area contributed by atoms with Crippen LogP contribution in [0.3, 0.4) is 0 Å². The van der Waals surface area contributed by atoms with Gasteiger partial charge in [0.15, 0.2) is 0 Å². The molecule has 2 aromatic rings. The molecule has 7 nitrogen and oxygen atoms in total. The van der Waals surface area contributed by atoms with E-state index in [1.807, 2.05) is 12.1 Å². The second-order valence-corrected chi connectivity index (χ2v) is 11.5. The van der Waals surface area contributed by atoms with Crippen molar-refractivity contribution in [1.29, 1.82) is 0 Å². The van der Waals surface area contributed by atoms with E-state index in [0.717, 1.165) is 31.2 Å². The fourth-order valence-electron chi connectivity index (χ4n) is 4.30. The van der Waals surface area contributed by atoms with Gasteiger partial charge in [-0.3, -0.25) is 9.59 Å². The highest BCUT2D eigenvalue weighted by molar-refractivity contribution is 7.89. The monoisotopic (exact) mass is 519 g/mol. The van der Waals surface area contributed by atoms with Gasteiger partial charge in [0, 0.05) is 37.6 Å². The lowest BCUT2D eigenvalue weighted by molar-refractivity contribution is -0.141. The summed E-state index contributed by atoms with van der Waals surface area (Å²) in [5.41, 5.74) is 0.829. The number of nitrogens with zero attached hydrogens (tertiary/aromatic N) is 2. The minimum atomic E-state index is -3.62. The van der Waals surface area contributed by atoms with Crippen molar-refractivity contribution in [2.45, 2.75) is 69.0 Å². The van der Waals surface area contributed by atoms with E-state index in [1.54, 1.807) is 54.3 Å². The van der Waals surface area contributed by atoms with E-state index in [9.17, 15) is 18.0 Å². The first-order chi connectivity index (χ1) is 16.7. The van der Waals surface area contributed by atoms with Gasteiger partial charge in [-0.1, -0.05) is 54.8 Å². The molecule has 2 aromatic carbocycles. The fourth-order valence-corrected chi connectivity index (χ4v) is 5.74. The molecular formula is C26H34ClN3O4S. The third kappa shape index (κ3) is 7.53. The Morgan fingerprint density at radius 1 is 1.09 bits per heavy atom. The summed E-state index contributed by atoms with van der Waals surface area (Å²) in [5.74, 6) is -0.374. The summed E-state index contributed by atoms with van der Waals surface area (Å²) in [6.07, 6.45) is 4.58. The van der Waals surface area contributed by atoms with Crippen LogP contribution in [0, 0.1) is 0 Å². The van der Waals surface area contributed by atoms with E-state index in [2.05, 4.69) is 5.32 Å². The molecule has 1 aliphatic carbocycles. The Kier molecular flexibility index (Phi) is 9.71. The first-order valence-electron chi connectivity index (χ1n) is 12.0. The molecule has 9 heteroatoms. The minimum absolute atomic E-state index is 0.121. The number of carbonyl (C=O) groups excluding carboxylic acids is 2. The lowest BCUT2D eigenvalue weighted by Gasteiger charge is -2.30. The molecule has 3 rings (SSSR count). The summed E-state index contributed by atoms with van der Waals surface area (Å²) < 4.78 is 26.7. The number of benzene rings is 2. The van der Waals surface area contributed by atoms with Crippen molar-refractivity contribution < 1.29 is 18.0 Å². The lowest BCUT2D eigenvalue weighted by Crippen LogP contribution is -2.49. The zero-order valence-corrected chi connectivity index (χ0v) is 21.9. The van der Waals surface area contributed by atoms with Crippen molar-refractivity contribution in [3.63, 3.8) is 0 Å². The van der Waals surface area contributed by atoms with Gasteiger partial charge < -0.3 is 10.2 Å². The zero-order chi connectivity index (χ0) is 25.4. The van der Waals surface area contributed by atoms with Crippen molar-refractivity contribution in [1.82, 2.24) is 14.5 Å². The van der Waals surface area contributed by atoms with Crippen LogP contribution in [0.1, 0.15) is 51.0 Å². The third-order valence-electron chi connectivity index (χ3n) is 6.43. The van der Waals surface area contributed by atoms with E-state index < -0.39 is 16.1 Å². The van der Waals surface area contributed by atoms with Gasteiger partial charge in [-0.2, -0.15) is 0 Å². The predicted molar refractivity (Wildman–Crippen MR) is 137 cm³/mol. The maximum Gasteiger partial charge on any atom is 0.242 e. The van der Waals surface area contributed by atoms with Crippen molar-refractivity contribution in [3.8, 4) is 0 Å². The Labute approximate surface area is 213 Å². The highest BCUT2D eigenvalue weighted by Crippen LogP contribution is 2.20. The molecule has 0 bridgehead atoms. The molecule has 0 radical (unpaired) electrons. The minimum Gasteiger partial charge on any atom is -0.352 e. The molecule has 1 fully saturated rings. The number of rotatable bonds is 11. The first kappa shape index (κ1) is 27.2. The van der Waals surface area contributed by atoms with Crippen molar-refractivity contribution in [2.75, 3.05) is 13.6 Å². The summed E-state index contributed by atoms with van der Waals surface area (Å²) in [4.78, 5) is 28.0. The van der Waals surface area contributed by atoms with Crippen LogP contribution >= 0.6 is 11.6 Å². The van der Waals surface area contributed by atoms with Gasteiger partial charge in [0.2, 0.25) is 21.8 Å². The molecule has 1 N–H and O–H groups in total. The molecule has 0 saturated heterocycles. The summed E-state index contributed by atoms with van der Waals surface area (Å²) in [7, 11) is -2.12. The smallest absolute Gasteiger partial charge is 0.242 e. The van der Waals surface area contributed by atoms with Crippen molar-refractivity contribution >= 4 is 33.4 Å². The Hall–Kier alpha value is -2.42. The van der Waals surface area contributed by atoms with Crippen LogP contribution in [0.25, 0.3) is 0 Å². The molecule has 35 heavy (non-hydrogen) atoms. The van der Waals surface area contributed by atoms with E-state index in [4.69, 9.17) is 11.6 Å². The van der Waals surface area contributed by atoms with Gasteiger partial charge in [0.05, 0.1) is 4.90 Å². The van der Waals surface area contributed by atoms with E-state index in [-0.39, 0.29) is 42.3 Å². The quantitative estimate of drug-likeness (QED) is 0.481. The summed E-state index contributed by atoms with van der Waals surface area (Å²) in [5, 5.41) is 3.64. The van der Waals surface area contributed by atoms with Crippen LogP contribution in [0.5, 0.6) is 0 Å². The maximum absolute atomic E-state index is 13.3. The van der Waals surface area contributed by atoms with Crippen LogP contribution < -0.4 is 5.32 Å². The molecular weight excluding hydrogens is 486 g/mol. The van der Waals surface area contributed by atoms with Gasteiger partial charge in [-0.25, -0.2) is 12.7 Å². The molecule has 190 valence electrons. The molecule has 0 aliphatic heterocycles. The Morgan fingerprint density at radius 2 is 1.77 bits per heavy atom. The third-order valence-corrected chi connectivity index (χ3v) is 8.53. The standard InChI is InChI=1S/C26H34ClN3O4S/c1-20(26(32)28-23-12-6-7-13-23)30(19-21-10-8-11-22(27)18-21)25(31)16-9-17-29(2)35(33,34)24-14-4-3-5-15-24/h3-5,8,10-11,14-15,18,20,23H,6-7,9,12-13,16-17,19H2,1-2H3,(H,28,32). The summed E-state index contributed by atoms with van der Waals surface area (Å²) in [6, 6.07) is 14.9. The predicted octanol–water partition coefficient (Wildman–Crippen LogP) is 4.22. The highest BCUT2D eigenvalue weighted by atomic mass is 35.5. The number of amides is 2. The topological polar surface area (TPSA) is 86.8 Å². The number of hydrogen-bond acceptors (Lipinski definition) is 4. The van der Waals surface area contributed by atoms with Crippen molar-refractivity contribution in [2.24, 2.45) is 0 Å². The van der Waals surface area contributed by atoms with Crippen LogP contribution in [-0.2, 0) is 26.2 Å². The number of hydrogen-bond donors (Lipinski definition) is 1. The number of nitrogens with one attached hydrogen (secondary N) is 1. The molecule has 2 amide bonds. The second-order valence-electron chi connectivity index (χ2n) is 9.06. The Morgan fingerprint density at radius 3 is 2.43 bits per heavy atom. The average Bonchev–Trinajstić information content (AvgIpc) is 3.35. The van der Waals surface area contributed by atoms with Gasteiger partial charge in [-0.05, 0) is 56.0 Å². The normalized spacial score (nSPS) is 15.2. The average molecular weight is 520 g/mol. The Bertz CT molecular complexity index is 1100. The van der Waals surface area contributed by atoms with Gasteiger partial charge in [-0.15, -0.1) is 0 Å². The van der Waals surface area contributed by atoms with Gasteiger partial charge >= 0.3 is 0 Å². The molecule has 0 spiro atoms. The number of halogens is 1. The largest absolute Gasteiger partial charge is 0.352 e. The van der Waals surface area contributed by atoms with Gasteiger partial charge in [0.25, 0.3) is 0 Å². The van der Waals surface area contributed by atoms with E-state index in [1.165, 1.54) is 11.4 Å². The number of carbonyl (C=O) groups is 2. The molecule has 1 saturated carbocycles. The number of sulfonamides is 1. The lowest BCUT2D eigenvalue weighted by atomic mass is 10.1. The van der Waals surface area contributed by atoms with Crippen molar-refractivity contribution in [3.05, 3.63) is 65.2 Å². The SMILES string of the molecule is CC(C(=O)NC1CCCC1)N(Cc1cccc(Cl)c1)C(=O)CCCN(C)S(=O)(=O)c1ccccc1. The second kappa shape index (κ2) is 12.5. The molecule has 1 unspecified atom stereocenters. The van der Waals surface area contributed by atoms with Crippen LogP contribution in [0.4, 0.5) is 0 Å². The van der Waals surface area contributed by atoms with Crippen LogP contribution in [0.2, 0.25) is 5.02 Å². The molecule has 1 atom stereocenters. The molecule has 1 aliphatic rings. The maximum atomic E-state index is 13.3. The first-order valence-corrected chi connectivity index (χ1v) is 13.9. The zero-order valence-electron chi connectivity index (χ0n) is 20.3. The van der Waals surface area contributed by atoms with Crippen LogP contribution in [-0.4, -0.2) is 55.1 Å². The molecule has 0 heterocycles. The fraction of sp³-hybridized carbons (Fsp3) is 0.462. The summed E-state index contributed by atoms with van der Waals surface area (Å²) >= 11 is 6.13.